The van der Waals surface area contributed by atoms with Gasteiger partial charge in [-0.3, -0.25) is 0 Å². The molecule has 0 radical (unpaired) electrons. The van der Waals surface area contributed by atoms with Gasteiger partial charge in [-0.2, -0.15) is 0 Å². The van der Waals surface area contributed by atoms with Crippen LogP contribution in [0.15, 0.2) is 18.2 Å². The van der Waals surface area contributed by atoms with Crippen molar-refractivity contribution in [1.29, 1.82) is 0 Å². The minimum Gasteiger partial charge on any atom is -0.508 e. The monoisotopic (exact) mass is 191 g/mol. The van der Waals surface area contributed by atoms with E-state index in [0.29, 0.717) is 17.6 Å². The number of phenolic OH excluding ortho intramolecular Hbond substituents is 1. The lowest BCUT2D eigenvalue weighted by atomic mass is 9.81. The molecule has 0 aliphatic carbocycles. The fraction of sp³-hybridized carbons (Fsp3) is 0.500. The molecule has 2 nitrogen and oxygen atoms in total. The maximum absolute atomic E-state index is 9.37. The first kappa shape index (κ1) is 9.38. The van der Waals surface area contributed by atoms with Crippen molar-refractivity contribution in [1.82, 2.24) is 0 Å². The summed E-state index contributed by atoms with van der Waals surface area (Å²) in [4.78, 5) is 0. The largest absolute Gasteiger partial charge is 0.508 e. The van der Waals surface area contributed by atoms with Crippen LogP contribution in [0.2, 0.25) is 0 Å². The second-order valence-corrected chi connectivity index (χ2v) is 4.14. The van der Waals surface area contributed by atoms with Gasteiger partial charge in [0.2, 0.25) is 0 Å². The molecule has 0 aromatic heterocycles. The molecule has 2 rings (SSSR count). The van der Waals surface area contributed by atoms with E-state index in [1.54, 1.807) is 6.07 Å². The van der Waals surface area contributed by atoms with Crippen molar-refractivity contribution in [3.05, 3.63) is 23.8 Å². The van der Waals surface area contributed by atoms with Gasteiger partial charge in [-0.25, -0.2) is 0 Å². The second kappa shape index (κ2) is 3.52. The van der Waals surface area contributed by atoms with E-state index in [9.17, 15) is 5.11 Å². The smallest absolute Gasteiger partial charge is 0.117 e. The first-order valence-corrected chi connectivity index (χ1v) is 5.29. The number of rotatable bonds is 1. The Labute approximate surface area is 85.0 Å². The van der Waals surface area contributed by atoms with Crippen molar-refractivity contribution in [2.24, 2.45) is 5.92 Å². The summed E-state index contributed by atoms with van der Waals surface area (Å²) >= 11 is 0. The Morgan fingerprint density at radius 2 is 2.29 bits per heavy atom. The number of hydrogen-bond acceptors (Lipinski definition) is 2. The highest BCUT2D eigenvalue weighted by Crippen LogP contribution is 2.38. The Kier molecular flexibility index (Phi) is 2.36. The zero-order valence-electron chi connectivity index (χ0n) is 8.75. The van der Waals surface area contributed by atoms with Crippen molar-refractivity contribution < 1.29 is 5.11 Å². The SMILES string of the molecule is CCC1c2ccc(O)cc2NCC1C. The van der Waals surface area contributed by atoms with Crippen molar-refractivity contribution in [3.8, 4) is 5.75 Å². The highest BCUT2D eigenvalue weighted by atomic mass is 16.3. The summed E-state index contributed by atoms with van der Waals surface area (Å²) in [5, 5.41) is 12.7. The van der Waals surface area contributed by atoms with Crippen molar-refractivity contribution in [2.45, 2.75) is 26.2 Å². The number of anilines is 1. The van der Waals surface area contributed by atoms with Crippen LogP contribution < -0.4 is 5.32 Å². The van der Waals surface area contributed by atoms with Crippen LogP contribution in [0.4, 0.5) is 5.69 Å². The van der Waals surface area contributed by atoms with Crippen molar-refractivity contribution in [2.75, 3.05) is 11.9 Å². The average Bonchev–Trinajstić information content (AvgIpc) is 2.18. The molecular weight excluding hydrogens is 174 g/mol. The standard InChI is InChI=1S/C12H17NO/c1-3-10-8(2)7-13-12-6-9(14)4-5-11(10)12/h4-6,8,10,13-14H,3,7H2,1-2H3. The molecule has 1 aromatic carbocycles. The van der Waals surface area contributed by atoms with Crippen molar-refractivity contribution in [3.63, 3.8) is 0 Å². The maximum Gasteiger partial charge on any atom is 0.117 e. The highest BCUT2D eigenvalue weighted by Gasteiger charge is 2.24. The summed E-state index contributed by atoms with van der Waals surface area (Å²) in [7, 11) is 0. The second-order valence-electron chi connectivity index (χ2n) is 4.14. The lowest BCUT2D eigenvalue weighted by Gasteiger charge is -2.31. The third-order valence-corrected chi connectivity index (χ3v) is 3.18. The van der Waals surface area contributed by atoms with Crippen LogP contribution >= 0.6 is 0 Å². The van der Waals surface area contributed by atoms with Crippen LogP contribution in [-0.4, -0.2) is 11.7 Å². The fourth-order valence-electron chi connectivity index (χ4n) is 2.36. The average molecular weight is 191 g/mol. The molecular formula is C12H17NO. The Bertz CT molecular complexity index is 335. The predicted octanol–water partition coefficient (Wildman–Crippen LogP) is 2.95. The lowest BCUT2D eigenvalue weighted by molar-refractivity contribution is 0.449. The molecule has 0 amide bonds. The fourth-order valence-corrected chi connectivity index (χ4v) is 2.36. The topological polar surface area (TPSA) is 32.3 Å². The highest BCUT2D eigenvalue weighted by molar-refractivity contribution is 5.58. The summed E-state index contributed by atoms with van der Waals surface area (Å²) in [5.74, 6) is 1.66. The molecule has 0 spiro atoms. The van der Waals surface area contributed by atoms with Crippen LogP contribution in [-0.2, 0) is 0 Å². The first-order chi connectivity index (χ1) is 6.72. The van der Waals surface area contributed by atoms with Gasteiger partial charge >= 0.3 is 0 Å². The van der Waals surface area contributed by atoms with Gasteiger partial charge in [-0.1, -0.05) is 19.9 Å². The number of fused-ring (bicyclic) bond motifs is 1. The third kappa shape index (κ3) is 1.45. The number of nitrogens with one attached hydrogen (secondary N) is 1. The molecule has 0 bridgehead atoms. The Morgan fingerprint density at radius 1 is 1.50 bits per heavy atom. The van der Waals surface area contributed by atoms with E-state index in [1.165, 1.54) is 12.0 Å². The number of benzene rings is 1. The predicted molar refractivity (Wildman–Crippen MR) is 58.8 cm³/mol. The summed E-state index contributed by atoms with van der Waals surface area (Å²) in [5.41, 5.74) is 2.46. The first-order valence-electron chi connectivity index (χ1n) is 5.29. The van der Waals surface area contributed by atoms with E-state index in [4.69, 9.17) is 0 Å². The molecule has 1 aliphatic rings. The molecule has 0 fully saturated rings. The zero-order valence-corrected chi connectivity index (χ0v) is 8.75. The molecule has 0 saturated heterocycles. The van der Waals surface area contributed by atoms with E-state index in [2.05, 4.69) is 19.2 Å². The van der Waals surface area contributed by atoms with Gasteiger partial charge in [0.25, 0.3) is 0 Å². The quantitative estimate of drug-likeness (QED) is 0.715. The summed E-state index contributed by atoms with van der Waals surface area (Å²) in [6.45, 7) is 5.51. The Morgan fingerprint density at radius 3 is 3.00 bits per heavy atom. The van der Waals surface area contributed by atoms with Crippen LogP contribution in [0.3, 0.4) is 0 Å². The van der Waals surface area contributed by atoms with Gasteiger partial charge in [0.15, 0.2) is 0 Å². The molecule has 2 N–H and O–H groups in total. The normalized spacial score (nSPS) is 25.3. The van der Waals surface area contributed by atoms with Gasteiger partial charge in [0, 0.05) is 18.3 Å². The molecule has 76 valence electrons. The van der Waals surface area contributed by atoms with Crippen LogP contribution in [0.25, 0.3) is 0 Å². The van der Waals surface area contributed by atoms with Crippen LogP contribution in [0.1, 0.15) is 31.7 Å². The van der Waals surface area contributed by atoms with Gasteiger partial charge in [0.1, 0.15) is 5.75 Å². The molecule has 1 aliphatic heterocycles. The van der Waals surface area contributed by atoms with E-state index >= 15 is 0 Å². The van der Waals surface area contributed by atoms with Crippen molar-refractivity contribution >= 4 is 5.69 Å². The van der Waals surface area contributed by atoms with Gasteiger partial charge < -0.3 is 10.4 Å². The zero-order chi connectivity index (χ0) is 10.1. The summed E-state index contributed by atoms with van der Waals surface area (Å²) in [6, 6.07) is 5.65. The maximum atomic E-state index is 9.37. The molecule has 0 saturated carbocycles. The Hall–Kier alpha value is -1.18. The van der Waals surface area contributed by atoms with E-state index in [-0.39, 0.29) is 0 Å². The lowest BCUT2D eigenvalue weighted by Crippen LogP contribution is -2.25. The van der Waals surface area contributed by atoms with E-state index < -0.39 is 0 Å². The number of aromatic hydroxyl groups is 1. The van der Waals surface area contributed by atoms with E-state index in [0.717, 1.165) is 12.2 Å². The molecule has 1 aromatic rings. The molecule has 14 heavy (non-hydrogen) atoms. The number of phenols is 1. The van der Waals surface area contributed by atoms with E-state index in [1.807, 2.05) is 12.1 Å². The minimum absolute atomic E-state index is 0.348. The van der Waals surface area contributed by atoms with Gasteiger partial charge in [-0.05, 0) is 29.9 Å². The molecule has 1 heterocycles. The number of hydrogen-bond donors (Lipinski definition) is 2. The molecule has 2 atom stereocenters. The Balaban J connectivity index is 2.41. The van der Waals surface area contributed by atoms with Crippen LogP contribution in [0, 0.1) is 5.92 Å². The van der Waals surface area contributed by atoms with Gasteiger partial charge in [-0.15, -0.1) is 0 Å². The summed E-state index contributed by atoms with van der Waals surface area (Å²) in [6.07, 6.45) is 1.17. The van der Waals surface area contributed by atoms with Gasteiger partial charge in [0.05, 0.1) is 0 Å². The minimum atomic E-state index is 0.348. The molecule has 2 unspecified atom stereocenters. The van der Waals surface area contributed by atoms with Crippen LogP contribution in [0.5, 0.6) is 5.75 Å². The molecule has 2 heteroatoms. The third-order valence-electron chi connectivity index (χ3n) is 3.18. The summed E-state index contributed by atoms with van der Waals surface area (Å²) < 4.78 is 0.